The van der Waals surface area contributed by atoms with Crippen LogP contribution in [-0.2, 0) is 11.2 Å². The van der Waals surface area contributed by atoms with Crippen LogP contribution in [0.4, 0.5) is 0 Å². The van der Waals surface area contributed by atoms with E-state index in [1.807, 2.05) is 24.3 Å². The predicted molar refractivity (Wildman–Crippen MR) is 62.6 cm³/mol. The van der Waals surface area contributed by atoms with Gasteiger partial charge in [0.05, 0.1) is 13.2 Å². The number of hydrogen-bond acceptors (Lipinski definition) is 4. The van der Waals surface area contributed by atoms with Crippen molar-refractivity contribution in [1.29, 1.82) is 0 Å². The topological polar surface area (TPSA) is 64.7 Å². The van der Waals surface area contributed by atoms with Crippen LogP contribution < -0.4 is 10.5 Å². The van der Waals surface area contributed by atoms with Crippen molar-refractivity contribution in [3.63, 3.8) is 0 Å². The second-order valence-electron chi connectivity index (χ2n) is 3.63. The molecule has 0 aromatic heterocycles. The highest BCUT2D eigenvalue weighted by atomic mass is 16.5. The summed E-state index contributed by atoms with van der Waals surface area (Å²) in [5, 5.41) is 8.83. The molecule has 1 aromatic rings. The summed E-state index contributed by atoms with van der Waals surface area (Å²) in [6.07, 6.45) is 0.675. The molecule has 0 amide bonds. The average molecular weight is 225 g/mol. The van der Waals surface area contributed by atoms with Crippen LogP contribution in [0.15, 0.2) is 24.3 Å². The SMILES string of the molecule is COCCOc1ccc(CC(N)CO)cc1. The molecule has 4 heteroatoms. The maximum absolute atomic E-state index is 8.83. The molecule has 0 fully saturated rings. The number of rotatable bonds is 7. The zero-order valence-electron chi connectivity index (χ0n) is 9.56. The number of hydrogen-bond donors (Lipinski definition) is 2. The second-order valence-corrected chi connectivity index (χ2v) is 3.63. The lowest BCUT2D eigenvalue weighted by Gasteiger charge is -2.09. The number of nitrogens with two attached hydrogens (primary N) is 1. The van der Waals surface area contributed by atoms with Crippen LogP contribution in [0, 0.1) is 0 Å². The Hall–Kier alpha value is -1.10. The number of benzene rings is 1. The van der Waals surface area contributed by atoms with E-state index in [1.165, 1.54) is 0 Å². The summed E-state index contributed by atoms with van der Waals surface area (Å²) in [6.45, 7) is 1.13. The Morgan fingerprint density at radius 2 is 1.94 bits per heavy atom. The minimum atomic E-state index is -0.194. The molecule has 1 unspecified atom stereocenters. The van der Waals surface area contributed by atoms with Crippen molar-refractivity contribution in [2.75, 3.05) is 26.9 Å². The first kappa shape index (κ1) is 13.0. The third kappa shape index (κ3) is 4.61. The van der Waals surface area contributed by atoms with Gasteiger partial charge in [0.1, 0.15) is 12.4 Å². The smallest absolute Gasteiger partial charge is 0.119 e. The molecule has 90 valence electrons. The van der Waals surface area contributed by atoms with Crippen molar-refractivity contribution in [1.82, 2.24) is 0 Å². The van der Waals surface area contributed by atoms with E-state index in [-0.39, 0.29) is 12.6 Å². The van der Waals surface area contributed by atoms with Gasteiger partial charge in [0.2, 0.25) is 0 Å². The first-order valence-corrected chi connectivity index (χ1v) is 5.33. The number of aliphatic hydroxyl groups excluding tert-OH is 1. The molecule has 0 aliphatic rings. The fraction of sp³-hybridized carbons (Fsp3) is 0.500. The summed E-state index contributed by atoms with van der Waals surface area (Å²) in [4.78, 5) is 0. The molecular weight excluding hydrogens is 206 g/mol. The van der Waals surface area contributed by atoms with Gasteiger partial charge in [-0.25, -0.2) is 0 Å². The molecule has 1 rings (SSSR count). The van der Waals surface area contributed by atoms with Crippen LogP contribution in [0.5, 0.6) is 5.75 Å². The highest BCUT2D eigenvalue weighted by Gasteiger charge is 2.02. The van der Waals surface area contributed by atoms with Crippen molar-refractivity contribution in [3.8, 4) is 5.75 Å². The van der Waals surface area contributed by atoms with Gasteiger partial charge in [-0.1, -0.05) is 12.1 Å². The lowest BCUT2D eigenvalue weighted by molar-refractivity contribution is 0.146. The number of ether oxygens (including phenoxy) is 2. The van der Waals surface area contributed by atoms with E-state index in [0.29, 0.717) is 19.6 Å². The van der Waals surface area contributed by atoms with Crippen molar-refractivity contribution < 1.29 is 14.6 Å². The molecule has 0 aliphatic carbocycles. The summed E-state index contributed by atoms with van der Waals surface area (Å²) >= 11 is 0. The van der Waals surface area contributed by atoms with Gasteiger partial charge in [0, 0.05) is 13.2 Å². The third-order valence-corrected chi connectivity index (χ3v) is 2.21. The van der Waals surface area contributed by atoms with E-state index >= 15 is 0 Å². The molecule has 0 saturated carbocycles. The van der Waals surface area contributed by atoms with Gasteiger partial charge in [-0.05, 0) is 24.1 Å². The van der Waals surface area contributed by atoms with E-state index in [2.05, 4.69) is 0 Å². The second kappa shape index (κ2) is 7.22. The summed E-state index contributed by atoms with van der Waals surface area (Å²) in [6, 6.07) is 7.51. The highest BCUT2D eigenvalue weighted by Crippen LogP contribution is 2.13. The predicted octanol–water partition coefficient (Wildman–Crippen LogP) is 0.574. The Morgan fingerprint density at radius 1 is 1.25 bits per heavy atom. The molecule has 3 N–H and O–H groups in total. The van der Waals surface area contributed by atoms with Crippen LogP contribution in [0.25, 0.3) is 0 Å². The molecule has 4 nitrogen and oxygen atoms in total. The Morgan fingerprint density at radius 3 is 2.50 bits per heavy atom. The number of aliphatic hydroxyl groups is 1. The number of methoxy groups -OCH3 is 1. The molecule has 1 atom stereocenters. The van der Waals surface area contributed by atoms with Crippen LogP contribution in [0.2, 0.25) is 0 Å². The monoisotopic (exact) mass is 225 g/mol. The molecule has 0 bridgehead atoms. The van der Waals surface area contributed by atoms with Gasteiger partial charge in [-0.2, -0.15) is 0 Å². The van der Waals surface area contributed by atoms with E-state index < -0.39 is 0 Å². The summed E-state index contributed by atoms with van der Waals surface area (Å²) in [5.41, 5.74) is 6.74. The standard InChI is InChI=1S/C12H19NO3/c1-15-6-7-16-12-4-2-10(3-5-12)8-11(13)9-14/h2-5,11,14H,6-9,13H2,1H3. The first-order valence-electron chi connectivity index (χ1n) is 5.33. The fourth-order valence-electron chi connectivity index (χ4n) is 1.33. The Kier molecular flexibility index (Phi) is 5.85. The largest absolute Gasteiger partial charge is 0.491 e. The zero-order valence-corrected chi connectivity index (χ0v) is 9.56. The Balaban J connectivity index is 2.41. The average Bonchev–Trinajstić information content (AvgIpc) is 2.31. The summed E-state index contributed by atoms with van der Waals surface area (Å²) < 4.78 is 10.3. The van der Waals surface area contributed by atoms with E-state index in [9.17, 15) is 0 Å². The van der Waals surface area contributed by atoms with Gasteiger partial charge < -0.3 is 20.3 Å². The molecule has 0 aliphatic heterocycles. The summed E-state index contributed by atoms with van der Waals surface area (Å²) in [7, 11) is 1.64. The van der Waals surface area contributed by atoms with Crippen molar-refractivity contribution in [2.24, 2.45) is 5.73 Å². The normalized spacial score (nSPS) is 12.4. The first-order chi connectivity index (χ1) is 7.76. The minimum absolute atomic E-state index is 0.00604. The van der Waals surface area contributed by atoms with Gasteiger partial charge in [0.25, 0.3) is 0 Å². The van der Waals surface area contributed by atoms with E-state index in [1.54, 1.807) is 7.11 Å². The molecule has 0 radical (unpaired) electrons. The molecule has 0 saturated heterocycles. The summed E-state index contributed by atoms with van der Waals surface area (Å²) in [5.74, 6) is 0.818. The van der Waals surface area contributed by atoms with Gasteiger partial charge in [0.15, 0.2) is 0 Å². The molecular formula is C12H19NO3. The lowest BCUT2D eigenvalue weighted by Crippen LogP contribution is -2.26. The Bertz CT molecular complexity index is 287. The third-order valence-electron chi connectivity index (χ3n) is 2.21. The molecule has 0 heterocycles. The van der Waals surface area contributed by atoms with Crippen molar-refractivity contribution in [3.05, 3.63) is 29.8 Å². The lowest BCUT2D eigenvalue weighted by atomic mass is 10.1. The maximum Gasteiger partial charge on any atom is 0.119 e. The molecule has 0 spiro atoms. The van der Waals surface area contributed by atoms with Gasteiger partial charge in [-0.15, -0.1) is 0 Å². The van der Waals surface area contributed by atoms with Gasteiger partial charge in [-0.3, -0.25) is 0 Å². The van der Waals surface area contributed by atoms with Crippen LogP contribution >= 0.6 is 0 Å². The molecule has 1 aromatic carbocycles. The van der Waals surface area contributed by atoms with Crippen LogP contribution in [0.3, 0.4) is 0 Å². The quantitative estimate of drug-likeness (QED) is 0.666. The highest BCUT2D eigenvalue weighted by molar-refractivity contribution is 5.27. The Labute approximate surface area is 96.0 Å². The fourth-order valence-corrected chi connectivity index (χ4v) is 1.33. The van der Waals surface area contributed by atoms with Crippen LogP contribution in [-0.4, -0.2) is 38.1 Å². The van der Waals surface area contributed by atoms with Crippen LogP contribution in [0.1, 0.15) is 5.56 Å². The minimum Gasteiger partial charge on any atom is -0.491 e. The zero-order chi connectivity index (χ0) is 11.8. The van der Waals surface area contributed by atoms with Crippen molar-refractivity contribution >= 4 is 0 Å². The molecule has 16 heavy (non-hydrogen) atoms. The van der Waals surface area contributed by atoms with E-state index in [0.717, 1.165) is 11.3 Å². The van der Waals surface area contributed by atoms with E-state index in [4.69, 9.17) is 20.3 Å². The van der Waals surface area contributed by atoms with Crippen molar-refractivity contribution in [2.45, 2.75) is 12.5 Å². The maximum atomic E-state index is 8.83. The van der Waals surface area contributed by atoms with Gasteiger partial charge >= 0.3 is 0 Å².